The first kappa shape index (κ1) is 33.9. The number of aromatic nitrogens is 4. The van der Waals surface area contributed by atoms with Crippen LogP contribution in [0.25, 0.3) is 11.2 Å². The first-order chi connectivity index (χ1) is 21.5. The summed E-state index contributed by atoms with van der Waals surface area (Å²) in [6.07, 6.45) is 3.50. The Labute approximate surface area is 280 Å². The zero-order chi connectivity index (χ0) is 30.2. The van der Waals surface area contributed by atoms with E-state index in [1.165, 1.54) is 11.1 Å². The van der Waals surface area contributed by atoms with Crippen molar-refractivity contribution >= 4 is 53.7 Å². The van der Waals surface area contributed by atoms with Crippen molar-refractivity contribution in [2.75, 3.05) is 29.9 Å². The lowest BCUT2D eigenvalue weighted by Gasteiger charge is -2.27. The normalized spacial score (nSPS) is 24.3. The van der Waals surface area contributed by atoms with Crippen LogP contribution in [0.5, 0.6) is 0 Å². The molecule has 0 bridgehead atoms. The molecule has 5 atom stereocenters. The highest BCUT2D eigenvalue weighted by molar-refractivity contribution is 5.86. The number of nitrogens with one attached hydrogen (secondary N) is 2. The minimum atomic E-state index is -1.09. The summed E-state index contributed by atoms with van der Waals surface area (Å²) in [6, 6.07) is 19.7. The summed E-state index contributed by atoms with van der Waals surface area (Å²) < 4.78 is 1.83. The van der Waals surface area contributed by atoms with Crippen LogP contribution >= 0.6 is 24.8 Å². The molecule has 3 aliphatic rings. The molecule has 0 spiro atoms. The fraction of sp³-hybridized carbons (Fsp3) is 0.455. The third-order valence-corrected chi connectivity index (χ3v) is 9.61. The molecule has 0 unspecified atom stereocenters. The summed E-state index contributed by atoms with van der Waals surface area (Å²) in [5.41, 5.74) is 9.77. The number of nitrogens with zero attached hydrogens (tertiary/aromatic N) is 5. The van der Waals surface area contributed by atoms with Crippen molar-refractivity contribution in [1.82, 2.24) is 24.8 Å². The van der Waals surface area contributed by atoms with E-state index in [9.17, 15) is 15.0 Å². The summed E-state index contributed by atoms with van der Waals surface area (Å²) in [5.74, 6) is 1.17. The van der Waals surface area contributed by atoms with Crippen molar-refractivity contribution in [1.29, 1.82) is 0 Å². The molecule has 1 aliphatic heterocycles. The number of aliphatic hydroxyl groups excluding tert-OH is 2. The van der Waals surface area contributed by atoms with E-state index in [0.29, 0.717) is 42.4 Å². The number of nitrogens with two attached hydrogens (primary N) is 1. The molecule has 1 amide bonds. The molecule has 2 aromatic heterocycles. The van der Waals surface area contributed by atoms with E-state index in [1.807, 2.05) is 41.0 Å². The predicted octanol–water partition coefficient (Wildman–Crippen LogP) is 3.40. The Kier molecular flexibility index (Phi) is 10.7. The lowest BCUT2D eigenvalue weighted by molar-refractivity contribution is -0.129. The lowest BCUT2D eigenvalue weighted by Crippen LogP contribution is -2.46. The van der Waals surface area contributed by atoms with Gasteiger partial charge >= 0.3 is 0 Å². The molecule has 246 valence electrons. The second-order valence-electron chi connectivity index (χ2n) is 12.5. The second-order valence-corrected chi connectivity index (χ2v) is 12.5. The topological polar surface area (TPSA) is 154 Å². The molecule has 3 fully saturated rings. The Bertz CT molecular complexity index is 1570. The van der Waals surface area contributed by atoms with Crippen molar-refractivity contribution in [2.24, 2.45) is 11.7 Å². The quantitative estimate of drug-likeness (QED) is 0.180. The molecule has 4 aromatic rings. The Balaban J connectivity index is 0.00000208. The first-order valence-corrected chi connectivity index (χ1v) is 15.7. The van der Waals surface area contributed by atoms with E-state index < -0.39 is 24.3 Å². The minimum absolute atomic E-state index is 0. The summed E-state index contributed by atoms with van der Waals surface area (Å²) >= 11 is 0. The van der Waals surface area contributed by atoms with E-state index in [4.69, 9.17) is 20.7 Å². The highest BCUT2D eigenvalue weighted by Crippen LogP contribution is 2.36. The Hall–Kier alpha value is -3.48. The van der Waals surface area contributed by atoms with Crippen LogP contribution in [0.3, 0.4) is 0 Å². The molecule has 3 heterocycles. The molecule has 6 N–H and O–H groups in total. The fourth-order valence-corrected chi connectivity index (χ4v) is 6.78. The van der Waals surface area contributed by atoms with Gasteiger partial charge in [-0.25, -0.2) is 4.98 Å². The second kappa shape index (κ2) is 14.5. The molecule has 7 rings (SSSR count). The van der Waals surface area contributed by atoms with E-state index in [2.05, 4.69) is 39.8 Å². The van der Waals surface area contributed by atoms with Crippen molar-refractivity contribution in [3.05, 3.63) is 78.1 Å². The van der Waals surface area contributed by atoms with Crippen LogP contribution in [0.4, 0.5) is 11.8 Å². The smallest absolute Gasteiger partial charge is 0.229 e. The van der Waals surface area contributed by atoms with Gasteiger partial charge in [-0.2, -0.15) is 9.97 Å². The largest absolute Gasteiger partial charge is 0.388 e. The van der Waals surface area contributed by atoms with Crippen LogP contribution in [-0.2, 0) is 4.79 Å². The van der Waals surface area contributed by atoms with Gasteiger partial charge in [0, 0.05) is 37.5 Å². The summed E-state index contributed by atoms with van der Waals surface area (Å²) in [6.45, 7) is 1.97. The van der Waals surface area contributed by atoms with Gasteiger partial charge in [-0.15, -0.1) is 24.8 Å². The number of anilines is 2. The number of benzene rings is 2. The lowest BCUT2D eigenvalue weighted by atomic mass is 9.84. The fourth-order valence-electron chi connectivity index (χ4n) is 6.78. The first-order valence-electron chi connectivity index (χ1n) is 15.7. The molecule has 1 saturated heterocycles. The summed E-state index contributed by atoms with van der Waals surface area (Å²) in [7, 11) is 0. The van der Waals surface area contributed by atoms with Gasteiger partial charge in [-0.3, -0.25) is 4.79 Å². The number of carbonyl (C=O) groups is 1. The molecule has 0 radical (unpaired) electrons. The Morgan fingerprint density at radius 3 is 2.22 bits per heavy atom. The molecular formula is C33H42Cl2N8O3. The van der Waals surface area contributed by atoms with Crippen LogP contribution in [0.2, 0.25) is 0 Å². The van der Waals surface area contributed by atoms with Gasteiger partial charge in [-0.05, 0) is 36.8 Å². The number of imidazole rings is 1. The molecule has 11 nitrogen and oxygen atoms in total. The standard InChI is InChI=1S/C33H40N8O3.2ClH/c34-23-14-15-40(18-23)33-38-30(35-17-24(20-8-3-1-4-9-20)21-10-5-2-6-11-21)27-31(39-33)41(19-36-27)26-16-25(28(42)29(26)43)37-32(44)22-12-7-13-22;;/h1-6,8-11,19,22-26,28-29,42-43H,7,12-18,34H2,(H,37,44)(H,35,38,39);2*1H/t23-,25+,26-,28-,29+;;/m1../s1. The van der Waals surface area contributed by atoms with Gasteiger partial charge in [0.05, 0.1) is 18.4 Å². The van der Waals surface area contributed by atoms with Crippen molar-refractivity contribution in [3.8, 4) is 0 Å². The maximum Gasteiger partial charge on any atom is 0.229 e. The van der Waals surface area contributed by atoms with Crippen molar-refractivity contribution < 1.29 is 15.0 Å². The van der Waals surface area contributed by atoms with Crippen LogP contribution < -0.4 is 21.3 Å². The Morgan fingerprint density at radius 2 is 1.63 bits per heavy atom. The third-order valence-electron chi connectivity index (χ3n) is 9.61. The van der Waals surface area contributed by atoms with Crippen molar-refractivity contribution in [2.45, 2.75) is 68.4 Å². The maximum absolute atomic E-state index is 12.7. The van der Waals surface area contributed by atoms with Gasteiger partial charge in [0.25, 0.3) is 0 Å². The Morgan fingerprint density at radius 1 is 0.957 bits per heavy atom. The maximum atomic E-state index is 12.7. The molecule has 46 heavy (non-hydrogen) atoms. The van der Waals surface area contributed by atoms with Gasteiger partial charge in [0.15, 0.2) is 17.0 Å². The minimum Gasteiger partial charge on any atom is -0.388 e. The van der Waals surface area contributed by atoms with Crippen LogP contribution in [0, 0.1) is 5.92 Å². The molecule has 2 aliphatic carbocycles. The molecular weight excluding hydrogens is 627 g/mol. The van der Waals surface area contributed by atoms with E-state index in [0.717, 1.165) is 32.2 Å². The zero-order valence-electron chi connectivity index (χ0n) is 25.5. The number of halogens is 2. The third kappa shape index (κ3) is 6.65. The number of hydrogen-bond donors (Lipinski definition) is 5. The highest BCUT2D eigenvalue weighted by Gasteiger charge is 2.44. The summed E-state index contributed by atoms with van der Waals surface area (Å²) in [4.78, 5) is 29.3. The van der Waals surface area contributed by atoms with Crippen LogP contribution in [0.15, 0.2) is 67.0 Å². The molecule has 13 heteroatoms. The van der Waals surface area contributed by atoms with Crippen molar-refractivity contribution in [3.63, 3.8) is 0 Å². The predicted molar refractivity (Wildman–Crippen MR) is 183 cm³/mol. The SMILES string of the molecule is Cl.Cl.N[C@@H]1CCN(c2nc(NCC(c3ccccc3)c3ccccc3)c3ncn([C@@H]4C[C@H](NC(=O)C5CCC5)[C@@H](O)[C@H]4O)c3n2)C1. The van der Waals surface area contributed by atoms with Gasteiger partial charge in [0.2, 0.25) is 11.9 Å². The monoisotopic (exact) mass is 668 g/mol. The number of aliphatic hydroxyl groups is 2. The zero-order valence-corrected chi connectivity index (χ0v) is 27.1. The van der Waals surface area contributed by atoms with E-state index >= 15 is 0 Å². The highest BCUT2D eigenvalue weighted by atomic mass is 35.5. The van der Waals surface area contributed by atoms with E-state index in [-0.39, 0.29) is 48.6 Å². The number of fused-ring (bicyclic) bond motifs is 1. The number of carbonyl (C=O) groups excluding carboxylic acids is 1. The number of amides is 1. The summed E-state index contributed by atoms with van der Waals surface area (Å²) in [5, 5.41) is 28.7. The number of hydrogen-bond acceptors (Lipinski definition) is 9. The van der Waals surface area contributed by atoms with Crippen LogP contribution in [0.1, 0.15) is 55.2 Å². The average molecular weight is 670 g/mol. The van der Waals surface area contributed by atoms with Gasteiger partial charge < -0.3 is 36.0 Å². The molecule has 2 saturated carbocycles. The molecule has 2 aromatic carbocycles. The van der Waals surface area contributed by atoms with Gasteiger partial charge in [0.1, 0.15) is 12.2 Å². The average Bonchev–Trinajstić information content (AvgIpc) is 3.71. The van der Waals surface area contributed by atoms with E-state index in [1.54, 1.807) is 6.33 Å². The van der Waals surface area contributed by atoms with Crippen LogP contribution in [-0.4, -0.2) is 79.6 Å². The number of rotatable bonds is 9. The van der Waals surface area contributed by atoms with Gasteiger partial charge in [-0.1, -0.05) is 67.1 Å².